The predicted molar refractivity (Wildman–Crippen MR) is 155 cm³/mol. The van der Waals surface area contributed by atoms with Crippen molar-refractivity contribution in [2.45, 2.75) is 121 Å². The van der Waals surface area contributed by atoms with Gasteiger partial charge in [-0.15, -0.1) is 0 Å². The van der Waals surface area contributed by atoms with Gasteiger partial charge in [0.1, 0.15) is 17.6 Å². The molecule has 0 aromatic heterocycles. The Kier molecular flexibility index (Phi) is 17.1. The summed E-state index contributed by atoms with van der Waals surface area (Å²) in [5.41, 5.74) is -2.46. The second-order valence-corrected chi connectivity index (χ2v) is 11.0. The Bertz CT molecular complexity index is 1010. The van der Waals surface area contributed by atoms with Crippen molar-refractivity contribution < 1.29 is 49.5 Å². The molecule has 6 N–H and O–H groups in total. The van der Waals surface area contributed by atoms with Crippen LogP contribution in [0.2, 0.25) is 0 Å². The molecule has 3 atom stereocenters. The van der Waals surface area contributed by atoms with E-state index in [1.807, 2.05) is 0 Å². The number of rotatable bonds is 24. The fourth-order valence-electron chi connectivity index (χ4n) is 4.93. The highest BCUT2D eigenvalue weighted by Crippen LogP contribution is 2.29. The zero-order valence-corrected chi connectivity index (χ0v) is 24.6. The maximum absolute atomic E-state index is 13.2. The fraction of sp³-hybridized carbons (Fsp3) is 0.645. The molecule has 0 fully saturated rings. The molecule has 1 aromatic rings. The number of carboxylic acid groups (broad SMARTS) is 3. The van der Waals surface area contributed by atoms with Gasteiger partial charge < -0.3 is 30.8 Å². The molecular formula is C31H47NO10. The van der Waals surface area contributed by atoms with Crippen molar-refractivity contribution in [2.24, 2.45) is 5.92 Å². The first-order valence-corrected chi connectivity index (χ1v) is 14.9. The summed E-state index contributed by atoms with van der Waals surface area (Å²) in [5, 5.41) is 51.1. The van der Waals surface area contributed by atoms with E-state index in [1.54, 1.807) is 0 Å². The Morgan fingerprint density at radius 2 is 1.31 bits per heavy atom. The number of aliphatic hydroxyl groups is 1. The molecule has 11 heteroatoms. The SMILES string of the molecule is CCCCCCCC(=O)CCCCCCCCC(C(=O)NC(Cc1ccc(O)cc1)C(=O)O)C(O)(CC(=O)O)C(=O)O. The summed E-state index contributed by atoms with van der Waals surface area (Å²) in [4.78, 5) is 60.4. The number of carboxylic acids is 3. The number of amides is 1. The van der Waals surface area contributed by atoms with E-state index in [9.17, 15) is 49.5 Å². The minimum absolute atomic E-state index is 0.0310. The van der Waals surface area contributed by atoms with Crippen LogP contribution in [-0.2, 0) is 30.4 Å². The first-order valence-electron chi connectivity index (χ1n) is 14.9. The lowest BCUT2D eigenvalue weighted by Gasteiger charge is -2.31. The van der Waals surface area contributed by atoms with E-state index >= 15 is 0 Å². The average molecular weight is 594 g/mol. The van der Waals surface area contributed by atoms with Gasteiger partial charge >= 0.3 is 17.9 Å². The topological polar surface area (TPSA) is 199 Å². The van der Waals surface area contributed by atoms with Gasteiger partial charge in [-0.1, -0.05) is 76.8 Å². The second-order valence-electron chi connectivity index (χ2n) is 11.0. The third kappa shape index (κ3) is 13.9. The average Bonchev–Trinajstić information content (AvgIpc) is 2.92. The Morgan fingerprint density at radius 3 is 1.81 bits per heavy atom. The number of aliphatic carboxylic acids is 3. The van der Waals surface area contributed by atoms with E-state index in [4.69, 9.17) is 0 Å². The molecule has 0 radical (unpaired) electrons. The summed E-state index contributed by atoms with van der Waals surface area (Å²) in [5.74, 6) is -7.43. The molecule has 1 aromatic carbocycles. The summed E-state index contributed by atoms with van der Waals surface area (Å²) in [7, 11) is 0. The molecule has 0 aliphatic heterocycles. The molecule has 0 aliphatic rings. The van der Waals surface area contributed by atoms with Gasteiger partial charge in [0, 0.05) is 19.3 Å². The van der Waals surface area contributed by atoms with E-state index in [0.29, 0.717) is 31.2 Å². The van der Waals surface area contributed by atoms with Gasteiger partial charge in [-0.2, -0.15) is 0 Å². The van der Waals surface area contributed by atoms with Gasteiger partial charge in [0.2, 0.25) is 5.91 Å². The van der Waals surface area contributed by atoms with Crippen molar-refractivity contribution in [3.05, 3.63) is 29.8 Å². The molecule has 1 rings (SSSR count). The second kappa shape index (κ2) is 19.6. The Morgan fingerprint density at radius 1 is 0.786 bits per heavy atom. The number of phenols is 1. The van der Waals surface area contributed by atoms with Crippen LogP contribution in [0.4, 0.5) is 0 Å². The number of benzene rings is 1. The number of unbranched alkanes of at least 4 members (excludes halogenated alkanes) is 9. The van der Waals surface area contributed by atoms with E-state index < -0.39 is 47.8 Å². The molecule has 0 heterocycles. The number of phenolic OH excluding ortho intramolecular Hbond substituents is 1. The molecule has 0 aliphatic carbocycles. The number of nitrogens with one attached hydrogen (secondary N) is 1. The lowest BCUT2D eigenvalue weighted by molar-refractivity contribution is -0.175. The fourth-order valence-corrected chi connectivity index (χ4v) is 4.93. The number of Topliss-reactive ketones (excluding diaryl/α,β-unsaturated/α-hetero) is 1. The van der Waals surface area contributed by atoms with E-state index in [-0.39, 0.29) is 24.4 Å². The van der Waals surface area contributed by atoms with Gasteiger partial charge in [-0.05, 0) is 37.0 Å². The number of aromatic hydroxyl groups is 1. The highest BCUT2D eigenvalue weighted by molar-refractivity contribution is 5.93. The maximum Gasteiger partial charge on any atom is 0.337 e. The van der Waals surface area contributed by atoms with Crippen molar-refractivity contribution in [2.75, 3.05) is 0 Å². The number of carbonyl (C=O) groups is 5. The molecule has 42 heavy (non-hydrogen) atoms. The van der Waals surface area contributed by atoms with Gasteiger partial charge in [0.25, 0.3) is 0 Å². The maximum atomic E-state index is 13.2. The third-order valence-electron chi connectivity index (χ3n) is 7.43. The van der Waals surface area contributed by atoms with Crippen LogP contribution >= 0.6 is 0 Å². The summed E-state index contributed by atoms with van der Waals surface area (Å²) >= 11 is 0. The summed E-state index contributed by atoms with van der Waals surface area (Å²) in [6.07, 6.45) is 9.20. The standard InChI is InChI=1S/C31H47NO10/c1-2-3-4-7-10-13-23(33)14-11-8-5-6-9-12-15-25(31(42,30(40)41)21-27(35)36)28(37)32-26(29(38)39)20-22-16-18-24(34)19-17-22/h16-19,25-26,34,42H,2-15,20-21H2,1H3,(H,32,37)(H,35,36)(H,38,39)(H,40,41). The zero-order chi connectivity index (χ0) is 31.5. The largest absolute Gasteiger partial charge is 0.508 e. The molecule has 0 saturated heterocycles. The Balaban J connectivity index is 2.69. The van der Waals surface area contributed by atoms with Gasteiger partial charge in [0.05, 0.1) is 12.3 Å². The first-order chi connectivity index (χ1) is 19.9. The van der Waals surface area contributed by atoms with Crippen LogP contribution in [-0.4, -0.2) is 66.8 Å². The summed E-state index contributed by atoms with van der Waals surface area (Å²) < 4.78 is 0. The van der Waals surface area contributed by atoms with Crippen molar-refractivity contribution >= 4 is 29.6 Å². The molecule has 0 bridgehead atoms. The van der Waals surface area contributed by atoms with Gasteiger partial charge in [0.15, 0.2) is 5.60 Å². The normalized spacial score (nSPS) is 14.0. The number of ketones is 1. The third-order valence-corrected chi connectivity index (χ3v) is 7.43. The van der Waals surface area contributed by atoms with Crippen molar-refractivity contribution in [1.82, 2.24) is 5.32 Å². The summed E-state index contributed by atoms with van der Waals surface area (Å²) in [6, 6.07) is 4.16. The minimum atomic E-state index is -2.94. The minimum Gasteiger partial charge on any atom is -0.508 e. The van der Waals surface area contributed by atoms with Gasteiger partial charge in [-0.25, -0.2) is 9.59 Å². The van der Waals surface area contributed by atoms with Crippen LogP contribution in [0.1, 0.15) is 109 Å². The summed E-state index contributed by atoms with van der Waals surface area (Å²) in [6.45, 7) is 2.15. The van der Waals surface area contributed by atoms with Crippen LogP contribution < -0.4 is 5.32 Å². The van der Waals surface area contributed by atoms with E-state index in [1.165, 1.54) is 30.7 Å². The smallest absolute Gasteiger partial charge is 0.337 e. The molecule has 1 amide bonds. The number of hydrogen-bond acceptors (Lipinski definition) is 7. The van der Waals surface area contributed by atoms with Gasteiger partial charge in [-0.3, -0.25) is 14.4 Å². The van der Waals surface area contributed by atoms with Crippen molar-refractivity contribution in [3.8, 4) is 5.75 Å². The molecule has 3 unspecified atom stereocenters. The zero-order valence-electron chi connectivity index (χ0n) is 24.6. The monoisotopic (exact) mass is 593 g/mol. The van der Waals surface area contributed by atoms with Crippen LogP contribution in [0.5, 0.6) is 5.75 Å². The lowest BCUT2D eigenvalue weighted by Crippen LogP contribution is -2.56. The molecule has 11 nitrogen and oxygen atoms in total. The van der Waals surface area contributed by atoms with E-state index in [2.05, 4.69) is 12.2 Å². The van der Waals surface area contributed by atoms with E-state index in [0.717, 1.165) is 51.4 Å². The molecule has 0 spiro atoms. The highest BCUT2D eigenvalue weighted by Gasteiger charge is 2.49. The molecular weight excluding hydrogens is 546 g/mol. The van der Waals surface area contributed by atoms with Crippen LogP contribution in [0, 0.1) is 5.92 Å². The lowest BCUT2D eigenvalue weighted by atomic mass is 9.80. The van der Waals surface area contributed by atoms with Crippen LogP contribution in [0.15, 0.2) is 24.3 Å². The number of carbonyl (C=O) groups excluding carboxylic acids is 2. The number of hydrogen-bond donors (Lipinski definition) is 6. The Labute approximate surface area is 247 Å². The molecule has 0 saturated carbocycles. The Hall–Kier alpha value is -3.47. The van der Waals surface area contributed by atoms with Crippen molar-refractivity contribution in [1.29, 1.82) is 0 Å². The van der Waals surface area contributed by atoms with Crippen LogP contribution in [0.25, 0.3) is 0 Å². The quantitative estimate of drug-likeness (QED) is 0.0930. The van der Waals surface area contributed by atoms with Crippen molar-refractivity contribution in [3.63, 3.8) is 0 Å². The predicted octanol–water partition coefficient (Wildman–Crippen LogP) is 4.46. The first kappa shape index (κ1) is 36.6. The highest BCUT2D eigenvalue weighted by atomic mass is 16.4. The van der Waals surface area contributed by atoms with Crippen LogP contribution in [0.3, 0.4) is 0 Å². The molecule has 236 valence electrons.